The average molecular weight is 420 g/mol. The minimum atomic E-state index is -0.271. The number of nitrogens with zero attached hydrogens (tertiary/aromatic N) is 2. The first-order chi connectivity index (χ1) is 13.1. The van der Waals surface area contributed by atoms with Gasteiger partial charge in [0.15, 0.2) is 11.5 Å². The van der Waals surface area contributed by atoms with Crippen molar-refractivity contribution in [2.45, 2.75) is 19.5 Å². The lowest BCUT2D eigenvalue weighted by atomic mass is 10.1. The van der Waals surface area contributed by atoms with E-state index in [-0.39, 0.29) is 30.1 Å². The Labute approximate surface area is 173 Å². The lowest BCUT2D eigenvalue weighted by Gasteiger charge is -2.23. The lowest BCUT2D eigenvalue weighted by molar-refractivity contribution is -0.133. The third kappa shape index (κ3) is 3.78. The second-order valence-electron chi connectivity index (χ2n) is 6.59. The van der Waals surface area contributed by atoms with E-state index in [0.29, 0.717) is 25.4 Å². The quantitative estimate of drug-likeness (QED) is 0.680. The molecule has 6 nitrogen and oxygen atoms in total. The molecule has 2 aromatic carbocycles. The van der Waals surface area contributed by atoms with E-state index >= 15 is 0 Å². The predicted octanol–water partition coefficient (Wildman–Crippen LogP) is 3.42. The molecule has 3 aromatic rings. The fourth-order valence-corrected chi connectivity index (χ4v) is 4.16. The second-order valence-corrected chi connectivity index (χ2v) is 7.62. The van der Waals surface area contributed by atoms with Crippen LogP contribution in [0.15, 0.2) is 36.4 Å². The minimum Gasteiger partial charge on any atom is -0.504 e. The van der Waals surface area contributed by atoms with Crippen LogP contribution in [-0.2, 0) is 11.3 Å². The Balaban J connectivity index is 0.00000225. The van der Waals surface area contributed by atoms with Crippen LogP contribution >= 0.6 is 23.7 Å². The number of fused-ring (bicyclic) bond motifs is 2. The number of hydrogen-bond acceptors (Lipinski definition) is 6. The maximum absolute atomic E-state index is 12.6. The van der Waals surface area contributed by atoms with Gasteiger partial charge in [-0.15, -0.1) is 23.7 Å². The fourth-order valence-electron chi connectivity index (χ4n) is 3.20. The number of aromatic hydroxyl groups is 1. The number of ether oxygens (including phenoxy) is 1. The number of nitrogens with one attached hydrogen (secondary N) is 1. The summed E-state index contributed by atoms with van der Waals surface area (Å²) in [6.07, 6.45) is 0. The maximum Gasteiger partial charge on any atom is 0.239 e. The summed E-state index contributed by atoms with van der Waals surface area (Å²) < 4.78 is 6.84. The van der Waals surface area contributed by atoms with Crippen LogP contribution in [-0.4, -0.2) is 47.1 Å². The lowest BCUT2D eigenvalue weighted by Crippen LogP contribution is -2.44. The van der Waals surface area contributed by atoms with Crippen LogP contribution in [0.25, 0.3) is 20.8 Å². The molecule has 2 heterocycles. The minimum absolute atomic E-state index is 0. The van der Waals surface area contributed by atoms with E-state index in [0.717, 1.165) is 26.4 Å². The Morgan fingerprint density at radius 2 is 2.14 bits per heavy atom. The molecule has 1 atom stereocenters. The number of amides is 1. The van der Waals surface area contributed by atoms with E-state index < -0.39 is 0 Å². The monoisotopic (exact) mass is 419 g/mol. The van der Waals surface area contributed by atoms with Crippen molar-refractivity contribution in [1.29, 1.82) is 0 Å². The predicted molar refractivity (Wildman–Crippen MR) is 113 cm³/mol. The molecular formula is C20H22ClN3O3S. The van der Waals surface area contributed by atoms with Crippen LogP contribution in [0.4, 0.5) is 0 Å². The van der Waals surface area contributed by atoms with Gasteiger partial charge in [0.05, 0.1) is 22.8 Å². The number of para-hydroxylation sites is 1. The number of benzene rings is 2. The zero-order valence-corrected chi connectivity index (χ0v) is 17.3. The molecule has 1 aliphatic rings. The molecule has 0 saturated carbocycles. The fraction of sp³-hybridized carbons (Fsp3) is 0.300. The van der Waals surface area contributed by atoms with Crippen LogP contribution in [0, 0.1) is 0 Å². The van der Waals surface area contributed by atoms with Gasteiger partial charge in [-0.1, -0.05) is 12.1 Å². The SMILES string of the molecule is CN[C@@H](C)C(=O)N1CCOc2c(O)cc(-c3nc4ccccc4s3)cc2C1.Cl. The van der Waals surface area contributed by atoms with E-state index in [4.69, 9.17) is 4.74 Å². The summed E-state index contributed by atoms with van der Waals surface area (Å²) in [5, 5.41) is 14.3. The molecule has 2 N–H and O–H groups in total. The number of halogens is 1. The summed E-state index contributed by atoms with van der Waals surface area (Å²) in [5.41, 5.74) is 2.55. The van der Waals surface area contributed by atoms with E-state index in [1.807, 2.05) is 37.3 Å². The van der Waals surface area contributed by atoms with Crippen molar-refractivity contribution in [1.82, 2.24) is 15.2 Å². The van der Waals surface area contributed by atoms with E-state index in [1.54, 1.807) is 29.4 Å². The highest BCUT2D eigenvalue weighted by Gasteiger charge is 2.25. The number of hydrogen-bond donors (Lipinski definition) is 2. The number of phenolic OH excluding ortho intramolecular Hbond substituents is 1. The number of carbonyl (C=O) groups is 1. The summed E-state index contributed by atoms with van der Waals surface area (Å²) in [6, 6.07) is 11.3. The Morgan fingerprint density at radius 1 is 1.36 bits per heavy atom. The van der Waals surface area contributed by atoms with Gasteiger partial charge in [-0.3, -0.25) is 4.79 Å². The summed E-state index contributed by atoms with van der Waals surface area (Å²) in [6.45, 7) is 3.06. The molecule has 1 aromatic heterocycles. The first-order valence-corrected chi connectivity index (χ1v) is 9.69. The molecule has 28 heavy (non-hydrogen) atoms. The van der Waals surface area contributed by atoms with Crippen LogP contribution in [0.5, 0.6) is 11.5 Å². The van der Waals surface area contributed by atoms with Crippen LogP contribution in [0.1, 0.15) is 12.5 Å². The number of aromatic nitrogens is 1. The molecule has 148 valence electrons. The smallest absolute Gasteiger partial charge is 0.239 e. The van der Waals surface area contributed by atoms with Gasteiger partial charge in [0.25, 0.3) is 0 Å². The number of carbonyl (C=O) groups excluding carboxylic acids is 1. The largest absolute Gasteiger partial charge is 0.504 e. The van der Waals surface area contributed by atoms with Crippen LogP contribution in [0.3, 0.4) is 0 Å². The molecular weight excluding hydrogens is 398 g/mol. The Hall–Kier alpha value is -2.35. The van der Waals surface area contributed by atoms with Gasteiger partial charge in [0.1, 0.15) is 11.6 Å². The van der Waals surface area contributed by atoms with Crippen molar-refractivity contribution in [2.75, 3.05) is 20.2 Å². The molecule has 0 bridgehead atoms. The summed E-state index contributed by atoms with van der Waals surface area (Å²) in [7, 11) is 1.77. The molecule has 1 aliphatic heterocycles. The Morgan fingerprint density at radius 3 is 2.89 bits per heavy atom. The van der Waals surface area contributed by atoms with Gasteiger partial charge in [-0.25, -0.2) is 4.98 Å². The van der Waals surface area contributed by atoms with Crippen molar-refractivity contribution in [3.63, 3.8) is 0 Å². The molecule has 0 saturated heterocycles. The molecule has 0 radical (unpaired) electrons. The van der Waals surface area contributed by atoms with Gasteiger partial charge in [0.2, 0.25) is 5.91 Å². The molecule has 1 amide bonds. The number of rotatable bonds is 3. The molecule has 0 spiro atoms. The number of phenols is 1. The van der Waals surface area contributed by atoms with Crippen LogP contribution < -0.4 is 10.1 Å². The normalized spacial score (nSPS) is 14.6. The van der Waals surface area contributed by atoms with Crippen molar-refractivity contribution in [3.8, 4) is 22.1 Å². The van der Waals surface area contributed by atoms with Gasteiger partial charge in [0, 0.05) is 17.7 Å². The molecule has 0 aliphatic carbocycles. The van der Waals surface area contributed by atoms with Crippen LogP contribution in [0.2, 0.25) is 0 Å². The molecule has 8 heteroatoms. The highest BCUT2D eigenvalue weighted by molar-refractivity contribution is 7.21. The van der Waals surface area contributed by atoms with Crippen molar-refractivity contribution >= 4 is 39.9 Å². The topological polar surface area (TPSA) is 74.7 Å². The second kappa shape index (κ2) is 8.34. The van der Waals surface area contributed by atoms with Gasteiger partial charge >= 0.3 is 0 Å². The highest BCUT2D eigenvalue weighted by Crippen LogP contribution is 2.39. The first-order valence-electron chi connectivity index (χ1n) is 8.87. The number of likely N-dealkylation sites (N-methyl/N-ethyl adjacent to an activating group) is 1. The Bertz CT molecular complexity index is 975. The summed E-state index contributed by atoms with van der Waals surface area (Å²) in [5.74, 6) is 0.545. The zero-order chi connectivity index (χ0) is 19.0. The molecule has 0 fully saturated rings. The summed E-state index contributed by atoms with van der Waals surface area (Å²) >= 11 is 1.58. The average Bonchev–Trinajstić information content (AvgIpc) is 2.99. The van der Waals surface area contributed by atoms with Crippen molar-refractivity contribution in [3.05, 3.63) is 42.0 Å². The van der Waals surface area contributed by atoms with E-state index in [9.17, 15) is 9.90 Å². The third-order valence-corrected chi connectivity index (χ3v) is 5.86. The highest BCUT2D eigenvalue weighted by atomic mass is 35.5. The third-order valence-electron chi connectivity index (χ3n) is 4.77. The van der Waals surface area contributed by atoms with Crippen molar-refractivity contribution < 1.29 is 14.6 Å². The van der Waals surface area contributed by atoms with Gasteiger partial charge in [-0.05, 0) is 38.2 Å². The van der Waals surface area contributed by atoms with Crippen molar-refractivity contribution in [2.24, 2.45) is 0 Å². The summed E-state index contributed by atoms with van der Waals surface area (Å²) in [4.78, 5) is 19.0. The standard InChI is InChI=1S/C20H21N3O3S.ClH/c1-12(21-2)20(25)23-7-8-26-18-14(11-23)9-13(10-16(18)24)19-22-15-5-3-4-6-17(15)27-19;/h3-6,9-10,12,21,24H,7-8,11H2,1-2H3;1H/t12-;/m0./s1. The zero-order valence-electron chi connectivity index (χ0n) is 15.6. The molecule has 0 unspecified atom stereocenters. The van der Waals surface area contributed by atoms with E-state index in [2.05, 4.69) is 10.3 Å². The van der Waals surface area contributed by atoms with Gasteiger partial charge < -0.3 is 20.1 Å². The molecule has 4 rings (SSSR count). The van der Waals surface area contributed by atoms with E-state index in [1.165, 1.54) is 0 Å². The Kier molecular flexibility index (Phi) is 6.07. The maximum atomic E-state index is 12.6. The van der Waals surface area contributed by atoms with Gasteiger partial charge in [-0.2, -0.15) is 0 Å². The number of thiazole rings is 1. The first kappa shape index (κ1) is 20.4.